The molecule has 1 rings (SSSR count). The lowest BCUT2D eigenvalue weighted by molar-refractivity contribution is 0.0924. The van der Waals surface area contributed by atoms with Crippen LogP contribution in [0.3, 0.4) is 0 Å². The van der Waals surface area contributed by atoms with E-state index < -0.39 is 26.6 Å². The number of ether oxygens (including phenoxy) is 1. The summed E-state index contributed by atoms with van der Waals surface area (Å²) in [5, 5.41) is 2.67. The predicted molar refractivity (Wildman–Crippen MR) is 94.5 cm³/mol. The van der Waals surface area contributed by atoms with Gasteiger partial charge in [0, 0.05) is 31.4 Å². The minimum atomic E-state index is -4.01. The van der Waals surface area contributed by atoms with E-state index in [-0.39, 0.29) is 11.6 Å². The quantitative estimate of drug-likeness (QED) is 0.616. The number of amides is 1. The van der Waals surface area contributed by atoms with Crippen LogP contribution in [0.2, 0.25) is 0 Å². The monoisotopic (exact) mass is 374 g/mol. The first-order valence-electron chi connectivity index (χ1n) is 8.31. The Morgan fingerprint density at radius 2 is 1.92 bits per heavy atom. The highest BCUT2D eigenvalue weighted by Gasteiger charge is 2.21. The van der Waals surface area contributed by atoms with Gasteiger partial charge in [-0.15, -0.1) is 0 Å². The number of hydrogen-bond acceptors (Lipinski definition) is 4. The first-order chi connectivity index (χ1) is 11.6. The molecule has 142 valence electrons. The minimum Gasteiger partial charge on any atom is -0.381 e. The van der Waals surface area contributed by atoms with Gasteiger partial charge in [0.05, 0.1) is 0 Å². The summed E-state index contributed by atoms with van der Waals surface area (Å²) in [5.74, 6) is -0.898. The van der Waals surface area contributed by atoms with E-state index in [0.29, 0.717) is 32.1 Å². The van der Waals surface area contributed by atoms with Gasteiger partial charge in [-0.2, -0.15) is 0 Å². The first kappa shape index (κ1) is 21.5. The molecule has 0 saturated heterocycles. The fourth-order valence-corrected chi connectivity index (χ4v) is 3.38. The maximum Gasteiger partial charge on any atom is 0.251 e. The minimum absolute atomic E-state index is 0.0913. The molecule has 1 aromatic carbocycles. The van der Waals surface area contributed by atoms with Crippen LogP contribution in [-0.2, 0) is 14.8 Å². The molecule has 25 heavy (non-hydrogen) atoms. The third-order valence-electron chi connectivity index (χ3n) is 3.08. The van der Waals surface area contributed by atoms with E-state index in [1.807, 2.05) is 0 Å². The summed E-state index contributed by atoms with van der Waals surface area (Å²) in [4.78, 5) is 11.6. The highest BCUT2D eigenvalue weighted by Crippen LogP contribution is 2.17. The van der Waals surface area contributed by atoms with Crippen LogP contribution >= 0.6 is 0 Å². The average molecular weight is 374 g/mol. The summed E-state index contributed by atoms with van der Waals surface area (Å²) in [6.07, 6.45) is 0.639. The number of sulfonamides is 1. The van der Waals surface area contributed by atoms with E-state index in [2.05, 4.69) is 23.9 Å². The van der Waals surface area contributed by atoms with Crippen LogP contribution in [0.25, 0.3) is 0 Å². The van der Waals surface area contributed by atoms with E-state index in [9.17, 15) is 17.6 Å². The van der Waals surface area contributed by atoms with Crippen molar-refractivity contribution < 1.29 is 22.3 Å². The summed E-state index contributed by atoms with van der Waals surface area (Å²) in [6.45, 7) is 8.95. The molecular weight excluding hydrogens is 347 g/mol. The van der Waals surface area contributed by atoms with Gasteiger partial charge in [0.2, 0.25) is 10.0 Å². The molecule has 0 unspecified atom stereocenters. The van der Waals surface area contributed by atoms with E-state index in [1.165, 1.54) is 6.07 Å². The summed E-state index contributed by atoms with van der Waals surface area (Å²) in [5.41, 5.74) is 0.0913. The molecule has 8 heteroatoms. The summed E-state index contributed by atoms with van der Waals surface area (Å²) < 4.78 is 45.8. The number of carbonyl (C=O) groups is 1. The second-order valence-corrected chi connectivity index (χ2v) is 8.18. The number of rotatable bonds is 10. The molecule has 0 fully saturated rings. The summed E-state index contributed by atoms with van der Waals surface area (Å²) >= 11 is 0. The van der Waals surface area contributed by atoms with Gasteiger partial charge in [0.25, 0.3) is 5.91 Å². The Balaban J connectivity index is 2.67. The van der Waals surface area contributed by atoms with Gasteiger partial charge in [-0.3, -0.25) is 4.79 Å². The molecule has 0 aromatic heterocycles. The van der Waals surface area contributed by atoms with Gasteiger partial charge in [-0.1, -0.05) is 13.8 Å². The molecule has 0 spiro atoms. The van der Waals surface area contributed by atoms with Crippen molar-refractivity contribution >= 4 is 15.9 Å². The van der Waals surface area contributed by atoms with Gasteiger partial charge in [-0.05, 0) is 44.4 Å². The third kappa shape index (κ3) is 7.50. The molecule has 0 heterocycles. The molecule has 0 aliphatic heterocycles. The molecule has 6 nitrogen and oxygen atoms in total. The van der Waals surface area contributed by atoms with Crippen molar-refractivity contribution in [1.29, 1.82) is 0 Å². The van der Waals surface area contributed by atoms with Crippen molar-refractivity contribution in [2.24, 2.45) is 5.92 Å². The van der Waals surface area contributed by atoms with Gasteiger partial charge in [0.1, 0.15) is 10.7 Å². The summed E-state index contributed by atoms with van der Waals surface area (Å²) in [7, 11) is -4.01. The van der Waals surface area contributed by atoms with E-state index in [4.69, 9.17) is 4.74 Å². The van der Waals surface area contributed by atoms with Crippen molar-refractivity contribution in [1.82, 2.24) is 10.0 Å². The Kier molecular flexibility index (Phi) is 8.47. The smallest absolute Gasteiger partial charge is 0.251 e. The largest absolute Gasteiger partial charge is 0.381 e. The molecule has 1 aromatic rings. The third-order valence-corrected chi connectivity index (χ3v) is 4.75. The van der Waals surface area contributed by atoms with Crippen molar-refractivity contribution in [2.45, 2.75) is 45.1 Å². The lowest BCUT2D eigenvalue weighted by Crippen LogP contribution is -2.31. The van der Waals surface area contributed by atoms with Crippen molar-refractivity contribution in [3.05, 3.63) is 29.6 Å². The van der Waals surface area contributed by atoms with E-state index in [1.54, 1.807) is 13.8 Å². The molecule has 0 atom stereocenters. The average Bonchev–Trinajstić information content (AvgIpc) is 2.49. The van der Waals surface area contributed by atoms with Crippen LogP contribution in [0.15, 0.2) is 23.1 Å². The second-order valence-electron chi connectivity index (χ2n) is 6.50. The Morgan fingerprint density at radius 1 is 1.24 bits per heavy atom. The molecule has 0 aliphatic rings. The number of carbonyl (C=O) groups excluding carboxylic acids is 1. The van der Waals surface area contributed by atoms with Gasteiger partial charge >= 0.3 is 0 Å². The first-order valence-corrected chi connectivity index (χ1v) is 9.79. The fraction of sp³-hybridized carbons (Fsp3) is 0.588. The maximum atomic E-state index is 13.9. The molecular formula is C17H27FN2O4S. The summed E-state index contributed by atoms with van der Waals surface area (Å²) in [6, 6.07) is 2.90. The molecule has 0 aliphatic carbocycles. The number of benzene rings is 1. The van der Waals surface area contributed by atoms with E-state index in [0.717, 1.165) is 12.1 Å². The topological polar surface area (TPSA) is 84.5 Å². The number of hydrogen-bond donors (Lipinski definition) is 2. The fourth-order valence-electron chi connectivity index (χ4n) is 2.02. The van der Waals surface area contributed by atoms with Gasteiger partial charge < -0.3 is 10.1 Å². The SMILES string of the molecule is CC(C)COCCCNC(=O)c1ccc(F)c(S(=O)(=O)NC(C)C)c1. The lowest BCUT2D eigenvalue weighted by Gasteiger charge is -2.12. The highest BCUT2D eigenvalue weighted by atomic mass is 32.2. The number of nitrogens with one attached hydrogen (secondary N) is 2. The normalized spacial score (nSPS) is 12.0. The molecule has 0 saturated carbocycles. The van der Waals surface area contributed by atoms with Crippen molar-refractivity contribution in [2.75, 3.05) is 19.8 Å². The zero-order valence-electron chi connectivity index (χ0n) is 15.1. The molecule has 0 bridgehead atoms. The Morgan fingerprint density at radius 3 is 2.52 bits per heavy atom. The van der Waals surface area contributed by atoms with Crippen LogP contribution < -0.4 is 10.0 Å². The standard InChI is InChI=1S/C17H27FN2O4S/c1-12(2)11-24-9-5-8-19-17(21)14-6-7-15(18)16(10-14)25(22,23)20-13(3)4/h6-7,10,12-13,20H,5,8-9,11H2,1-4H3,(H,19,21). The van der Waals surface area contributed by atoms with Gasteiger partial charge in [-0.25, -0.2) is 17.5 Å². The molecule has 2 N–H and O–H groups in total. The van der Waals surface area contributed by atoms with Crippen molar-refractivity contribution in [3.63, 3.8) is 0 Å². The Hall–Kier alpha value is -1.51. The van der Waals surface area contributed by atoms with Crippen LogP contribution in [0.5, 0.6) is 0 Å². The number of halogens is 1. The van der Waals surface area contributed by atoms with Crippen LogP contribution in [0.4, 0.5) is 4.39 Å². The van der Waals surface area contributed by atoms with Crippen LogP contribution in [0.1, 0.15) is 44.5 Å². The molecule has 1 amide bonds. The second kappa shape index (κ2) is 9.84. The van der Waals surface area contributed by atoms with Gasteiger partial charge in [0.15, 0.2) is 0 Å². The predicted octanol–water partition coefficient (Wildman–Crippen LogP) is 2.30. The maximum absolute atomic E-state index is 13.9. The Labute approximate surface area is 149 Å². The zero-order chi connectivity index (χ0) is 19.0. The van der Waals surface area contributed by atoms with Crippen LogP contribution in [0, 0.1) is 11.7 Å². The zero-order valence-corrected chi connectivity index (χ0v) is 16.0. The van der Waals surface area contributed by atoms with Crippen molar-refractivity contribution in [3.8, 4) is 0 Å². The van der Waals surface area contributed by atoms with Crippen LogP contribution in [-0.4, -0.2) is 40.1 Å². The highest BCUT2D eigenvalue weighted by molar-refractivity contribution is 7.89. The molecule has 0 radical (unpaired) electrons. The lowest BCUT2D eigenvalue weighted by atomic mass is 10.2. The van der Waals surface area contributed by atoms with E-state index >= 15 is 0 Å². The Bertz CT molecular complexity index is 675.